The number of fused-ring (bicyclic) bond motifs is 6. The quantitative estimate of drug-likeness (QED) is 0.159. The maximum Gasteiger partial charge on any atom is 0.157 e. The van der Waals surface area contributed by atoms with Gasteiger partial charge in [-0.25, -0.2) is 4.99 Å². The normalized spacial score (nSPS) is 12.5. The second kappa shape index (κ2) is 11.0. The molecule has 8 rings (SSSR count). The summed E-state index contributed by atoms with van der Waals surface area (Å²) >= 11 is 1.85. The van der Waals surface area contributed by atoms with Crippen molar-refractivity contribution < 1.29 is 0 Å². The number of rotatable bonds is 5. The van der Waals surface area contributed by atoms with E-state index in [1.807, 2.05) is 72.0 Å². The SMILES string of the molecule is NC(=NC(=NCc1cccc(-n2c3ccccc3c3cc4c(cc32)sc2ccccc24)c1)c1ccccc1)c1ccccc1. The lowest BCUT2D eigenvalue weighted by atomic mass is 10.1. The minimum absolute atomic E-state index is 0.444. The number of aliphatic imine (C=N–C) groups is 2. The Balaban J connectivity index is 1.24. The Labute approximate surface area is 259 Å². The van der Waals surface area contributed by atoms with Crippen LogP contribution >= 0.6 is 11.3 Å². The van der Waals surface area contributed by atoms with Crippen LogP contribution in [-0.4, -0.2) is 16.2 Å². The fourth-order valence-electron chi connectivity index (χ4n) is 5.99. The molecule has 0 radical (unpaired) electrons. The fraction of sp³-hybridized carbons (Fsp3) is 0.0256. The molecule has 4 nitrogen and oxygen atoms in total. The van der Waals surface area contributed by atoms with Crippen LogP contribution in [0.25, 0.3) is 47.7 Å². The van der Waals surface area contributed by atoms with Gasteiger partial charge in [0.15, 0.2) is 5.84 Å². The van der Waals surface area contributed by atoms with E-state index in [9.17, 15) is 0 Å². The van der Waals surface area contributed by atoms with Crippen LogP contribution in [0.3, 0.4) is 0 Å². The average molecular weight is 585 g/mol. The molecule has 0 bridgehead atoms. The van der Waals surface area contributed by atoms with Crippen molar-refractivity contribution in [1.29, 1.82) is 0 Å². The number of para-hydroxylation sites is 1. The lowest BCUT2D eigenvalue weighted by molar-refractivity contribution is 1.05. The van der Waals surface area contributed by atoms with Crippen LogP contribution in [-0.2, 0) is 6.54 Å². The highest BCUT2D eigenvalue weighted by atomic mass is 32.1. The summed E-state index contributed by atoms with van der Waals surface area (Å²) in [6.07, 6.45) is 0. The summed E-state index contributed by atoms with van der Waals surface area (Å²) in [5, 5.41) is 5.14. The van der Waals surface area contributed by atoms with Gasteiger partial charge in [-0.3, -0.25) is 4.99 Å². The third-order valence-corrected chi connectivity index (χ3v) is 9.21. The Kier molecular flexibility index (Phi) is 6.51. The van der Waals surface area contributed by atoms with Crippen molar-refractivity contribution >= 4 is 65.0 Å². The highest BCUT2D eigenvalue weighted by molar-refractivity contribution is 7.25. The molecule has 0 saturated carbocycles. The second-order valence-corrected chi connectivity index (χ2v) is 11.9. The van der Waals surface area contributed by atoms with E-state index in [1.165, 1.54) is 42.0 Å². The summed E-state index contributed by atoms with van der Waals surface area (Å²) < 4.78 is 4.99. The van der Waals surface area contributed by atoms with Gasteiger partial charge < -0.3 is 10.3 Å². The standard InChI is InChI=1S/C39H28N4S/c40-38(27-13-3-1-4-14-27)42-39(28-15-5-2-6-16-28)41-25-26-12-11-17-29(22-26)43-34-20-9-7-18-30(34)32-23-33-31-19-8-10-21-36(31)44-37(33)24-35(32)43/h1-24H,25H2,(H2,40,41,42). The van der Waals surface area contributed by atoms with Gasteiger partial charge >= 0.3 is 0 Å². The molecule has 44 heavy (non-hydrogen) atoms. The van der Waals surface area contributed by atoms with E-state index >= 15 is 0 Å². The lowest BCUT2D eigenvalue weighted by Gasteiger charge is -2.10. The van der Waals surface area contributed by atoms with Crippen LogP contribution in [0.1, 0.15) is 16.7 Å². The predicted octanol–water partition coefficient (Wildman–Crippen LogP) is 9.50. The second-order valence-electron chi connectivity index (χ2n) is 10.9. The number of thiophene rings is 1. The molecule has 0 aliphatic carbocycles. The number of hydrogen-bond donors (Lipinski definition) is 1. The zero-order chi connectivity index (χ0) is 29.5. The van der Waals surface area contributed by atoms with Crippen LogP contribution in [0.2, 0.25) is 0 Å². The van der Waals surface area contributed by atoms with Crippen molar-refractivity contribution in [3.8, 4) is 5.69 Å². The van der Waals surface area contributed by atoms with Gasteiger partial charge in [0.25, 0.3) is 0 Å². The summed E-state index contributed by atoms with van der Waals surface area (Å²) in [5.41, 5.74) is 12.8. The molecule has 5 heteroatoms. The monoisotopic (exact) mass is 584 g/mol. The van der Waals surface area contributed by atoms with Gasteiger partial charge in [0.05, 0.1) is 17.6 Å². The Morgan fingerprint density at radius 2 is 1.27 bits per heavy atom. The van der Waals surface area contributed by atoms with E-state index in [0.717, 1.165) is 22.4 Å². The molecule has 2 heterocycles. The van der Waals surface area contributed by atoms with Crippen LogP contribution in [0.15, 0.2) is 156 Å². The molecule has 0 fully saturated rings. The Morgan fingerprint density at radius 3 is 2.09 bits per heavy atom. The molecule has 2 N–H and O–H groups in total. The van der Waals surface area contributed by atoms with E-state index in [2.05, 4.69) is 89.5 Å². The van der Waals surface area contributed by atoms with Gasteiger partial charge in [-0.2, -0.15) is 0 Å². The molecule has 6 aromatic carbocycles. The van der Waals surface area contributed by atoms with E-state index in [4.69, 9.17) is 15.7 Å². The van der Waals surface area contributed by atoms with Crippen molar-refractivity contribution in [2.75, 3.05) is 0 Å². The third kappa shape index (κ3) is 4.64. The third-order valence-electron chi connectivity index (χ3n) is 8.08. The first-order chi connectivity index (χ1) is 21.7. The molecule has 210 valence electrons. The van der Waals surface area contributed by atoms with Gasteiger partial charge in [0, 0.05) is 47.8 Å². The largest absolute Gasteiger partial charge is 0.383 e. The maximum absolute atomic E-state index is 6.43. The van der Waals surface area contributed by atoms with Crippen molar-refractivity contribution in [2.24, 2.45) is 15.7 Å². The molecular weight excluding hydrogens is 557 g/mol. The van der Waals surface area contributed by atoms with E-state index in [0.29, 0.717) is 18.2 Å². The Hall–Kier alpha value is -5.52. The molecule has 0 saturated heterocycles. The van der Waals surface area contributed by atoms with Gasteiger partial charge in [-0.1, -0.05) is 109 Å². The fourth-order valence-corrected chi connectivity index (χ4v) is 7.11. The predicted molar refractivity (Wildman–Crippen MR) is 188 cm³/mol. The number of nitrogens with two attached hydrogens (primary N) is 1. The molecule has 0 amide bonds. The van der Waals surface area contributed by atoms with Crippen LogP contribution in [0.5, 0.6) is 0 Å². The molecule has 2 aromatic heterocycles. The molecule has 0 aliphatic rings. The first-order valence-electron chi connectivity index (χ1n) is 14.7. The number of hydrogen-bond acceptors (Lipinski definition) is 2. The zero-order valence-electron chi connectivity index (χ0n) is 23.9. The summed E-state index contributed by atoms with van der Waals surface area (Å²) in [5.74, 6) is 1.06. The average Bonchev–Trinajstić information content (AvgIpc) is 3.61. The number of nitrogens with zero attached hydrogens (tertiary/aromatic N) is 3. The van der Waals surface area contributed by atoms with Gasteiger partial charge in [-0.05, 0) is 42.0 Å². The lowest BCUT2D eigenvalue weighted by Crippen LogP contribution is -2.16. The van der Waals surface area contributed by atoms with E-state index in [-0.39, 0.29) is 0 Å². The highest BCUT2D eigenvalue weighted by Crippen LogP contribution is 2.40. The first kappa shape index (κ1) is 26.1. The number of amidine groups is 2. The maximum atomic E-state index is 6.43. The van der Waals surface area contributed by atoms with Crippen molar-refractivity contribution in [3.05, 3.63) is 162 Å². The highest BCUT2D eigenvalue weighted by Gasteiger charge is 2.15. The molecule has 8 aromatic rings. The summed E-state index contributed by atoms with van der Waals surface area (Å²) in [7, 11) is 0. The van der Waals surface area contributed by atoms with Gasteiger partial charge in [-0.15, -0.1) is 11.3 Å². The van der Waals surface area contributed by atoms with E-state index in [1.54, 1.807) is 0 Å². The van der Waals surface area contributed by atoms with E-state index < -0.39 is 0 Å². The summed E-state index contributed by atoms with van der Waals surface area (Å²) in [6, 6.07) is 50.6. The molecule has 0 unspecified atom stereocenters. The van der Waals surface area contributed by atoms with Crippen LogP contribution < -0.4 is 5.73 Å². The van der Waals surface area contributed by atoms with Crippen LogP contribution in [0, 0.1) is 0 Å². The number of aromatic nitrogens is 1. The summed E-state index contributed by atoms with van der Waals surface area (Å²) in [4.78, 5) is 9.76. The minimum Gasteiger partial charge on any atom is -0.383 e. The van der Waals surface area contributed by atoms with Crippen LogP contribution in [0.4, 0.5) is 0 Å². The van der Waals surface area contributed by atoms with Crippen molar-refractivity contribution in [2.45, 2.75) is 6.54 Å². The molecule has 0 spiro atoms. The topological polar surface area (TPSA) is 55.7 Å². The first-order valence-corrected chi connectivity index (χ1v) is 15.5. The Bertz CT molecular complexity index is 2360. The van der Waals surface area contributed by atoms with Gasteiger partial charge in [0.1, 0.15) is 5.84 Å². The van der Waals surface area contributed by atoms with Gasteiger partial charge in [0.2, 0.25) is 0 Å². The summed E-state index contributed by atoms with van der Waals surface area (Å²) in [6.45, 7) is 0.474. The Morgan fingerprint density at radius 1 is 0.568 bits per heavy atom. The van der Waals surface area contributed by atoms with Crippen molar-refractivity contribution in [3.63, 3.8) is 0 Å². The molecule has 0 aliphatic heterocycles. The smallest absolute Gasteiger partial charge is 0.157 e. The zero-order valence-corrected chi connectivity index (χ0v) is 24.7. The molecule has 0 atom stereocenters. The van der Waals surface area contributed by atoms with Crippen molar-refractivity contribution in [1.82, 2.24) is 4.57 Å². The number of benzene rings is 6. The molecular formula is C39H28N4S. The minimum atomic E-state index is 0.444.